The Kier molecular flexibility index (Phi) is 13.0. The third kappa shape index (κ3) is 10.5. The van der Waals surface area contributed by atoms with Crippen LogP contribution in [0.15, 0.2) is 11.1 Å². The molecular weight excluding hydrogens is 332 g/mol. The van der Waals surface area contributed by atoms with Gasteiger partial charge in [-0.15, -0.1) is 0 Å². The summed E-state index contributed by atoms with van der Waals surface area (Å²) in [6, 6.07) is 0. The number of hydrogen-bond acceptors (Lipinski definition) is 2. The van der Waals surface area contributed by atoms with E-state index >= 15 is 0 Å². The molecule has 0 aromatic carbocycles. The van der Waals surface area contributed by atoms with Crippen LogP contribution in [0.2, 0.25) is 0 Å². The molecule has 1 rings (SSSR count). The highest BCUT2D eigenvalue weighted by molar-refractivity contribution is 5.96. The monoisotopic (exact) mass is 378 g/mol. The summed E-state index contributed by atoms with van der Waals surface area (Å²) in [5.74, 6) is 0.386. The van der Waals surface area contributed by atoms with Crippen LogP contribution in [-0.2, 0) is 9.53 Å². The normalized spacial score (nSPS) is 17.0. The summed E-state index contributed by atoms with van der Waals surface area (Å²) in [5.41, 5.74) is 2.75. The average Bonchev–Trinajstić information content (AvgIpc) is 2.64. The number of allylic oxidation sites excluding steroid dienone is 2. The summed E-state index contributed by atoms with van der Waals surface area (Å²) in [6.07, 6.45) is 18.7. The smallest absolute Gasteiger partial charge is 0.158 e. The number of carbonyl (C=O) groups is 1. The minimum atomic E-state index is 0.235. The van der Waals surface area contributed by atoms with E-state index in [1.165, 1.54) is 82.6 Å². The topological polar surface area (TPSA) is 26.3 Å². The van der Waals surface area contributed by atoms with E-state index in [1.54, 1.807) is 0 Å². The number of hydrogen-bond donors (Lipinski definition) is 0. The first-order chi connectivity index (χ1) is 13.0. The van der Waals surface area contributed by atoms with E-state index in [9.17, 15) is 4.79 Å². The molecule has 27 heavy (non-hydrogen) atoms. The minimum absolute atomic E-state index is 0.235. The molecule has 1 aliphatic rings. The maximum Gasteiger partial charge on any atom is 0.158 e. The number of ether oxygens (including phenoxy) is 1. The van der Waals surface area contributed by atoms with Crippen molar-refractivity contribution in [3.63, 3.8) is 0 Å². The molecule has 0 bridgehead atoms. The van der Waals surface area contributed by atoms with Gasteiger partial charge in [-0.1, -0.05) is 84.1 Å². The molecule has 0 saturated heterocycles. The highest BCUT2D eigenvalue weighted by atomic mass is 16.5. The molecule has 1 aliphatic carbocycles. The lowest BCUT2D eigenvalue weighted by Gasteiger charge is -2.34. The molecule has 0 aromatic rings. The maximum absolute atomic E-state index is 12.0. The lowest BCUT2D eigenvalue weighted by molar-refractivity contribution is -0.116. The van der Waals surface area contributed by atoms with Crippen LogP contribution in [0.4, 0.5) is 0 Å². The van der Waals surface area contributed by atoms with Gasteiger partial charge in [-0.2, -0.15) is 0 Å². The van der Waals surface area contributed by atoms with E-state index in [2.05, 4.69) is 27.7 Å². The largest absolute Gasteiger partial charge is 0.381 e. The molecule has 0 spiro atoms. The Morgan fingerprint density at radius 1 is 0.815 bits per heavy atom. The van der Waals surface area contributed by atoms with Gasteiger partial charge in [0.1, 0.15) is 0 Å². The van der Waals surface area contributed by atoms with E-state index in [0.717, 1.165) is 38.0 Å². The third-order valence-electron chi connectivity index (χ3n) is 6.27. The molecule has 0 amide bonds. The highest BCUT2D eigenvalue weighted by Gasteiger charge is 2.31. The van der Waals surface area contributed by atoms with Gasteiger partial charge in [0.2, 0.25) is 0 Å². The van der Waals surface area contributed by atoms with Gasteiger partial charge in [0.05, 0.1) is 0 Å². The summed E-state index contributed by atoms with van der Waals surface area (Å²) >= 11 is 0. The first-order valence-corrected chi connectivity index (χ1v) is 11.8. The van der Waals surface area contributed by atoms with Crippen molar-refractivity contribution >= 4 is 5.78 Å². The Hall–Kier alpha value is -0.630. The van der Waals surface area contributed by atoms with Crippen LogP contribution >= 0.6 is 0 Å². The highest BCUT2D eigenvalue weighted by Crippen LogP contribution is 2.41. The van der Waals surface area contributed by atoms with E-state index in [4.69, 9.17) is 4.74 Å². The molecule has 0 unspecified atom stereocenters. The zero-order valence-electron chi connectivity index (χ0n) is 18.8. The fourth-order valence-corrected chi connectivity index (χ4v) is 4.23. The third-order valence-corrected chi connectivity index (χ3v) is 6.27. The van der Waals surface area contributed by atoms with Crippen molar-refractivity contribution in [2.75, 3.05) is 13.2 Å². The zero-order valence-corrected chi connectivity index (χ0v) is 18.8. The van der Waals surface area contributed by atoms with Crippen molar-refractivity contribution in [2.45, 2.75) is 124 Å². The Morgan fingerprint density at radius 3 is 1.93 bits per heavy atom. The van der Waals surface area contributed by atoms with Gasteiger partial charge in [-0.25, -0.2) is 0 Å². The zero-order chi connectivity index (χ0) is 20.0. The quantitative estimate of drug-likeness (QED) is 0.256. The van der Waals surface area contributed by atoms with Gasteiger partial charge >= 0.3 is 0 Å². The summed E-state index contributed by atoms with van der Waals surface area (Å²) in [6.45, 7) is 10.8. The molecule has 0 aromatic heterocycles. The van der Waals surface area contributed by atoms with Crippen molar-refractivity contribution in [1.82, 2.24) is 0 Å². The predicted molar refractivity (Wildman–Crippen MR) is 117 cm³/mol. The Bertz CT molecular complexity index is 434. The number of Topliss-reactive ketones (excluding diaryl/α,β-unsaturated/α-hetero) is 1. The van der Waals surface area contributed by atoms with Crippen LogP contribution < -0.4 is 0 Å². The van der Waals surface area contributed by atoms with E-state index < -0.39 is 0 Å². The lowest BCUT2D eigenvalue weighted by Crippen LogP contribution is -2.25. The SMILES string of the molecule is CCCCOCCCCCCCCCCCCC1=C(C)C(=O)CCC1(C)C. The van der Waals surface area contributed by atoms with Gasteiger partial charge in [0.25, 0.3) is 0 Å². The number of carbonyl (C=O) groups excluding carboxylic acids is 1. The molecule has 0 heterocycles. The molecule has 2 heteroatoms. The van der Waals surface area contributed by atoms with Crippen molar-refractivity contribution in [3.05, 3.63) is 11.1 Å². The second-order valence-corrected chi connectivity index (χ2v) is 9.16. The van der Waals surface area contributed by atoms with Gasteiger partial charge < -0.3 is 4.74 Å². The van der Waals surface area contributed by atoms with E-state index in [0.29, 0.717) is 5.78 Å². The molecule has 0 atom stereocenters. The average molecular weight is 379 g/mol. The van der Waals surface area contributed by atoms with E-state index in [-0.39, 0.29) is 5.41 Å². The Labute approximate surface area is 169 Å². The van der Waals surface area contributed by atoms with Crippen LogP contribution in [-0.4, -0.2) is 19.0 Å². The van der Waals surface area contributed by atoms with Crippen molar-refractivity contribution in [3.8, 4) is 0 Å². The summed E-state index contributed by atoms with van der Waals surface area (Å²) in [4.78, 5) is 12.0. The second-order valence-electron chi connectivity index (χ2n) is 9.16. The molecular formula is C25H46O2. The van der Waals surface area contributed by atoms with Gasteiger partial charge in [0.15, 0.2) is 5.78 Å². The summed E-state index contributed by atoms with van der Waals surface area (Å²) in [7, 11) is 0. The van der Waals surface area contributed by atoms with Crippen molar-refractivity contribution in [2.24, 2.45) is 5.41 Å². The predicted octanol–water partition coefficient (Wildman–Crippen LogP) is 7.80. The fourth-order valence-electron chi connectivity index (χ4n) is 4.23. The maximum atomic E-state index is 12.0. The molecule has 0 aliphatic heterocycles. The van der Waals surface area contributed by atoms with Crippen LogP contribution in [0.3, 0.4) is 0 Å². The minimum Gasteiger partial charge on any atom is -0.381 e. The van der Waals surface area contributed by atoms with Crippen molar-refractivity contribution < 1.29 is 9.53 Å². The van der Waals surface area contributed by atoms with Crippen LogP contribution in [0.1, 0.15) is 124 Å². The molecule has 158 valence electrons. The van der Waals surface area contributed by atoms with Crippen molar-refractivity contribution in [1.29, 1.82) is 0 Å². The lowest BCUT2D eigenvalue weighted by atomic mass is 9.70. The summed E-state index contributed by atoms with van der Waals surface area (Å²) < 4.78 is 5.60. The molecule has 0 saturated carbocycles. The number of rotatable bonds is 16. The first kappa shape index (κ1) is 24.4. The molecule has 2 nitrogen and oxygen atoms in total. The molecule has 0 N–H and O–H groups in total. The number of unbranched alkanes of at least 4 members (excludes halogenated alkanes) is 10. The van der Waals surface area contributed by atoms with Gasteiger partial charge in [-0.3, -0.25) is 4.79 Å². The summed E-state index contributed by atoms with van der Waals surface area (Å²) in [5, 5.41) is 0. The van der Waals surface area contributed by atoms with Gasteiger partial charge in [0, 0.05) is 19.6 Å². The first-order valence-electron chi connectivity index (χ1n) is 11.8. The Balaban J connectivity index is 1.93. The molecule has 0 fully saturated rings. The van der Waals surface area contributed by atoms with Crippen LogP contribution in [0, 0.1) is 5.41 Å². The van der Waals surface area contributed by atoms with Crippen LogP contribution in [0.25, 0.3) is 0 Å². The standard InChI is InChI=1S/C25H46O2/c1-5-6-20-27-21-16-14-12-10-8-7-9-11-13-15-17-23-22(2)24(26)18-19-25(23,3)4/h5-21H2,1-4H3. The fraction of sp³-hybridized carbons (Fsp3) is 0.880. The second kappa shape index (κ2) is 14.4. The number of ketones is 1. The van der Waals surface area contributed by atoms with Gasteiger partial charge in [-0.05, 0) is 50.0 Å². The molecule has 0 radical (unpaired) electrons. The van der Waals surface area contributed by atoms with Crippen LogP contribution in [0.5, 0.6) is 0 Å². The Morgan fingerprint density at radius 2 is 1.33 bits per heavy atom. The van der Waals surface area contributed by atoms with E-state index in [1.807, 2.05) is 0 Å².